The molecular formula is C8H9NO3. The summed E-state index contributed by atoms with van der Waals surface area (Å²) in [5, 5.41) is 0. The van der Waals surface area contributed by atoms with Gasteiger partial charge in [0.05, 0.1) is 6.26 Å². The monoisotopic (exact) mass is 167 g/mol. The Hall–Kier alpha value is -1.58. The Morgan fingerprint density at radius 3 is 2.58 bits per heavy atom. The van der Waals surface area contributed by atoms with Gasteiger partial charge < -0.3 is 9.64 Å². The van der Waals surface area contributed by atoms with Crippen LogP contribution in [0.3, 0.4) is 0 Å². The van der Waals surface area contributed by atoms with E-state index in [4.69, 9.17) is 0 Å². The zero-order valence-corrected chi connectivity index (χ0v) is 6.90. The van der Waals surface area contributed by atoms with Crippen LogP contribution in [-0.4, -0.2) is 30.7 Å². The third kappa shape index (κ3) is 1.72. The van der Waals surface area contributed by atoms with Gasteiger partial charge in [-0.05, 0) is 0 Å². The van der Waals surface area contributed by atoms with E-state index >= 15 is 0 Å². The van der Waals surface area contributed by atoms with Gasteiger partial charge in [0.25, 0.3) is 0 Å². The maximum Gasteiger partial charge on any atom is 0.348 e. The van der Waals surface area contributed by atoms with Crippen molar-refractivity contribution in [3.63, 3.8) is 0 Å². The second-order valence-corrected chi connectivity index (χ2v) is 2.58. The molecule has 0 spiro atoms. The first-order valence-corrected chi connectivity index (χ1v) is 3.41. The van der Waals surface area contributed by atoms with Crippen molar-refractivity contribution in [3.05, 3.63) is 24.1 Å². The molecule has 64 valence electrons. The number of hydrogen-bond acceptors (Lipinski definition) is 4. The summed E-state index contributed by atoms with van der Waals surface area (Å²) in [6.45, 7) is 0. The number of hydrogen-bond donors (Lipinski definition) is 0. The Morgan fingerprint density at radius 2 is 2.08 bits per heavy atom. The summed E-state index contributed by atoms with van der Waals surface area (Å²) in [5.74, 6) is -0.920. The van der Waals surface area contributed by atoms with Crippen LogP contribution in [0.4, 0.5) is 0 Å². The second kappa shape index (κ2) is 3.21. The largest absolute Gasteiger partial charge is 0.431 e. The van der Waals surface area contributed by atoms with Crippen LogP contribution in [-0.2, 0) is 14.3 Å². The first-order chi connectivity index (χ1) is 5.61. The molecule has 0 aromatic heterocycles. The van der Waals surface area contributed by atoms with Crippen molar-refractivity contribution in [2.24, 2.45) is 0 Å². The number of cyclic esters (lactones) is 1. The Labute approximate surface area is 70.1 Å². The predicted molar refractivity (Wildman–Crippen MR) is 42.0 cm³/mol. The van der Waals surface area contributed by atoms with Crippen LogP contribution in [0.25, 0.3) is 0 Å². The van der Waals surface area contributed by atoms with Crippen molar-refractivity contribution < 1.29 is 14.3 Å². The van der Waals surface area contributed by atoms with E-state index in [1.54, 1.807) is 19.0 Å². The average molecular weight is 167 g/mol. The van der Waals surface area contributed by atoms with E-state index in [-0.39, 0.29) is 11.4 Å². The molecule has 0 atom stereocenters. The molecule has 0 bridgehead atoms. The van der Waals surface area contributed by atoms with Crippen molar-refractivity contribution in [2.75, 3.05) is 14.1 Å². The van der Waals surface area contributed by atoms with Gasteiger partial charge in [0.1, 0.15) is 5.57 Å². The first kappa shape index (κ1) is 8.52. The van der Waals surface area contributed by atoms with E-state index in [2.05, 4.69) is 4.74 Å². The van der Waals surface area contributed by atoms with Gasteiger partial charge in [-0.1, -0.05) is 0 Å². The smallest absolute Gasteiger partial charge is 0.348 e. The molecule has 0 amide bonds. The summed E-state index contributed by atoms with van der Waals surface area (Å²) in [7, 11) is 3.46. The minimum Gasteiger partial charge on any atom is -0.431 e. The van der Waals surface area contributed by atoms with Gasteiger partial charge in [-0.2, -0.15) is 0 Å². The van der Waals surface area contributed by atoms with Crippen LogP contribution in [0.5, 0.6) is 0 Å². The van der Waals surface area contributed by atoms with Crippen LogP contribution in [0.1, 0.15) is 0 Å². The molecule has 1 aliphatic heterocycles. The molecule has 12 heavy (non-hydrogen) atoms. The standard InChI is InChI=1S/C8H9NO3/c1-9(2)5-6-7(10)3-4-12-8(6)11/h3-5H,1-2H3/b6-5-. The Morgan fingerprint density at radius 1 is 1.42 bits per heavy atom. The molecule has 0 saturated heterocycles. The van der Waals surface area contributed by atoms with Gasteiger partial charge >= 0.3 is 5.97 Å². The van der Waals surface area contributed by atoms with Crippen molar-refractivity contribution in [1.29, 1.82) is 0 Å². The summed E-state index contributed by atoms with van der Waals surface area (Å²) < 4.78 is 4.53. The lowest BCUT2D eigenvalue weighted by Crippen LogP contribution is -2.19. The molecule has 0 aliphatic carbocycles. The van der Waals surface area contributed by atoms with Crippen LogP contribution >= 0.6 is 0 Å². The topological polar surface area (TPSA) is 46.6 Å². The number of carbonyl (C=O) groups is 2. The maximum atomic E-state index is 11.1. The fraction of sp³-hybridized carbons (Fsp3) is 0.250. The highest BCUT2D eigenvalue weighted by Crippen LogP contribution is 2.07. The zero-order valence-electron chi connectivity index (χ0n) is 6.90. The molecule has 4 heteroatoms. The molecule has 4 nitrogen and oxygen atoms in total. The molecule has 1 rings (SSSR count). The lowest BCUT2D eigenvalue weighted by atomic mass is 10.1. The fourth-order valence-corrected chi connectivity index (χ4v) is 0.786. The molecule has 0 aromatic rings. The lowest BCUT2D eigenvalue weighted by Gasteiger charge is -2.10. The van der Waals surface area contributed by atoms with Crippen molar-refractivity contribution in [2.45, 2.75) is 0 Å². The van der Waals surface area contributed by atoms with Crippen molar-refractivity contribution in [1.82, 2.24) is 4.90 Å². The van der Waals surface area contributed by atoms with E-state index in [1.807, 2.05) is 0 Å². The fourth-order valence-electron chi connectivity index (χ4n) is 0.786. The Bertz CT molecular complexity index is 276. The zero-order chi connectivity index (χ0) is 9.14. The van der Waals surface area contributed by atoms with Gasteiger partial charge in [0.15, 0.2) is 5.78 Å². The first-order valence-electron chi connectivity index (χ1n) is 3.41. The molecule has 1 aliphatic rings. The van der Waals surface area contributed by atoms with Crippen molar-refractivity contribution in [3.8, 4) is 0 Å². The molecule has 0 aromatic carbocycles. The Balaban J connectivity index is 2.94. The molecule has 0 radical (unpaired) electrons. The second-order valence-electron chi connectivity index (χ2n) is 2.58. The van der Waals surface area contributed by atoms with Gasteiger partial charge in [-0.15, -0.1) is 0 Å². The highest BCUT2D eigenvalue weighted by atomic mass is 16.5. The summed E-state index contributed by atoms with van der Waals surface area (Å²) in [5.41, 5.74) is 0.0579. The van der Waals surface area contributed by atoms with Crippen LogP contribution in [0.15, 0.2) is 24.1 Å². The minimum absolute atomic E-state index is 0.0579. The number of nitrogens with zero attached hydrogens (tertiary/aromatic N) is 1. The minimum atomic E-state index is -0.601. The number of ether oxygens (including phenoxy) is 1. The van der Waals surface area contributed by atoms with E-state index in [9.17, 15) is 9.59 Å². The maximum absolute atomic E-state index is 11.1. The third-order valence-corrected chi connectivity index (χ3v) is 1.27. The summed E-state index contributed by atoms with van der Waals surface area (Å²) >= 11 is 0. The number of allylic oxidation sites excluding steroid dienone is 1. The van der Waals surface area contributed by atoms with Gasteiger partial charge in [-0.25, -0.2) is 4.79 Å². The Kier molecular flexibility index (Phi) is 2.28. The normalized spacial score (nSPS) is 19.7. The van der Waals surface area contributed by atoms with E-state index in [1.165, 1.54) is 12.3 Å². The van der Waals surface area contributed by atoms with Crippen LogP contribution in [0, 0.1) is 0 Å². The molecule has 0 N–H and O–H groups in total. The highest BCUT2D eigenvalue weighted by molar-refractivity contribution is 6.23. The third-order valence-electron chi connectivity index (χ3n) is 1.27. The summed E-state index contributed by atoms with van der Waals surface area (Å²) in [6.07, 6.45) is 3.75. The number of ketones is 1. The van der Waals surface area contributed by atoms with Crippen molar-refractivity contribution >= 4 is 11.8 Å². The summed E-state index contributed by atoms with van der Waals surface area (Å²) in [6, 6.07) is 0. The number of rotatable bonds is 1. The predicted octanol–water partition coefficient (Wildman–Crippen LogP) is 0.0715. The molecule has 1 heterocycles. The van der Waals surface area contributed by atoms with Gasteiger partial charge in [-0.3, -0.25) is 4.79 Å². The average Bonchev–Trinajstić information content (AvgIpc) is 1.97. The quantitative estimate of drug-likeness (QED) is 0.315. The van der Waals surface area contributed by atoms with E-state index in [0.717, 1.165) is 6.26 Å². The lowest BCUT2D eigenvalue weighted by molar-refractivity contribution is -0.136. The molecular weight excluding hydrogens is 158 g/mol. The molecule has 0 saturated carbocycles. The van der Waals surface area contributed by atoms with Gasteiger partial charge in [0.2, 0.25) is 0 Å². The number of esters is 1. The molecule has 0 unspecified atom stereocenters. The summed E-state index contributed by atoms with van der Waals surface area (Å²) in [4.78, 5) is 23.6. The number of carbonyl (C=O) groups excluding carboxylic acids is 2. The van der Waals surface area contributed by atoms with Crippen LogP contribution in [0.2, 0.25) is 0 Å². The highest BCUT2D eigenvalue weighted by Gasteiger charge is 2.21. The molecule has 0 fully saturated rings. The van der Waals surface area contributed by atoms with E-state index in [0.29, 0.717) is 0 Å². The van der Waals surface area contributed by atoms with E-state index < -0.39 is 5.97 Å². The van der Waals surface area contributed by atoms with Gasteiger partial charge in [0, 0.05) is 26.4 Å². The van der Waals surface area contributed by atoms with Crippen LogP contribution < -0.4 is 0 Å². The SMILES string of the molecule is CN(C)/C=C1/C(=O)C=COC1=O.